The summed E-state index contributed by atoms with van der Waals surface area (Å²) in [6.45, 7) is 3.22. The normalized spacial score (nSPS) is 24.9. The number of anilines is 1. The molecule has 4 nitrogen and oxygen atoms in total. The fourth-order valence-corrected chi connectivity index (χ4v) is 3.70. The molecule has 0 bridgehead atoms. The number of piperidine rings is 1. The molecule has 2 N–H and O–H groups in total. The maximum absolute atomic E-state index is 6.22. The lowest BCUT2D eigenvalue weighted by Gasteiger charge is -2.40. The highest BCUT2D eigenvalue weighted by Gasteiger charge is 2.29. The molecular weight excluding hydrogens is 248 g/mol. The summed E-state index contributed by atoms with van der Waals surface area (Å²) < 4.78 is 0. The number of nitrogens with two attached hydrogens (primary N) is 1. The number of hydrogen-bond donors (Lipinski definition) is 1. The van der Waals surface area contributed by atoms with Crippen molar-refractivity contribution in [3.63, 3.8) is 0 Å². The predicted octanol–water partition coefficient (Wildman–Crippen LogP) is 2.45. The third-order valence-electron chi connectivity index (χ3n) is 4.78. The quantitative estimate of drug-likeness (QED) is 0.842. The zero-order valence-corrected chi connectivity index (χ0v) is 12.5. The topological polar surface area (TPSA) is 55.0 Å². The van der Waals surface area contributed by atoms with Gasteiger partial charge in [-0.15, -0.1) is 0 Å². The summed E-state index contributed by atoms with van der Waals surface area (Å²) in [4.78, 5) is 11.7. The Morgan fingerprint density at radius 2 is 2.00 bits per heavy atom. The number of nitrogens with zero attached hydrogens (tertiary/aromatic N) is 3. The third-order valence-corrected chi connectivity index (χ3v) is 4.78. The van der Waals surface area contributed by atoms with Crippen LogP contribution in [-0.2, 0) is 12.8 Å². The first-order valence-corrected chi connectivity index (χ1v) is 8.12. The third kappa shape index (κ3) is 2.66. The molecule has 1 aliphatic carbocycles. The number of aryl methyl sites for hydroxylation is 1. The van der Waals surface area contributed by atoms with E-state index in [2.05, 4.69) is 21.8 Å². The van der Waals surface area contributed by atoms with Gasteiger partial charge in [-0.2, -0.15) is 0 Å². The summed E-state index contributed by atoms with van der Waals surface area (Å²) in [5.74, 6) is 1.18. The Morgan fingerprint density at radius 1 is 1.15 bits per heavy atom. The van der Waals surface area contributed by atoms with E-state index in [1.165, 1.54) is 55.6 Å². The molecule has 0 amide bonds. The molecule has 1 aromatic heterocycles. The highest BCUT2D eigenvalue weighted by atomic mass is 15.2. The van der Waals surface area contributed by atoms with E-state index < -0.39 is 0 Å². The molecule has 20 heavy (non-hydrogen) atoms. The van der Waals surface area contributed by atoms with E-state index in [0.717, 1.165) is 19.4 Å². The minimum atomic E-state index is 0.201. The largest absolute Gasteiger partial charge is 0.352 e. The summed E-state index contributed by atoms with van der Waals surface area (Å²) >= 11 is 0. The van der Waals surface area contributed by atoms with Gasteiger partial charge in [-0.05, 0) is 51.9 Å². The molecule has 0 aromatic carbocycles. The smallest absolute Gasteiger partial charge is 0.135 e. The van der Waals surface area contributed by atoms with Gasteiger partial charge in [-0.1, -0.05) is 6.42 Å². The van der Waals surface area contributed by atoms with Crippen molar-refractivity contribution in [1.29, 1.82) is 0 Å². The number of fused-ring (bicyclic) bond motifs is 1. The fourth-order valence-electron chi connectivity index (χ4n) is 3.70. The highest BCUT2D eigenvalue weighted by molar-refractivity contribution is 5.50. The van der Waals surface area contributed by atoms with Crippen molar-refractivity contribution in [2.45, 2.75) is 70.4 Å². The lowest BCUT2D eigenvalue weighted by molar-refractivity contribution is 0.409. The Hall–Kier alpha value is -1.16. The van der Waals surface area contributed by atoms with Crippen molar-refractivity contribution in [1.82, 2.24) is 9.97 Å². The van der Waals surface area contributed by atoms with E-state index in [-0.39, 0.29) is 6.04 Å². The van der Waals surface area contributed by atoms with Crippen LogP contribution in [0.1, 0.15) is 56.7 Å². The summed E-state index contributed by atoms with van der Waals surface area (Å²) in [5, 5.41) is 0. The standard InChI is InChI=1S/C16H26N4/c1-12(17)15-9-5-6-10-20(15)16-13-7-3-2-4-8-14(13)18-11-19-16/h11-12,15H,2-10,17H2,1H3. The van der Waals surface area contributed by atoms with Crippen LogP contribution < -0.4 is 10.6 Å². The Bertz CT molecular complexity index is 458. The molecule has 2 heterocycles. The van der Waals surface area contributed by atoms with E-state index in [1.807, 2.05) is 0 Å². The van der Waals surface area contributed by atoms with Gasteiger partial charge in [-0.25, -0.2) is 9.97 Å². The average Bonchev–Trinajstić information content (AvgIpc) is 2.72. The highest BCUT2D eigenvalue weighted by Crippen LogP contribution is 2.31. The van der Waals surface area contributed by atoms with Crippen molar-refractivity contribution in [3.8, 4) is 0 Å². The molecule has 0 radical (unpaired) electrons. The Kier molecular flexibility index (Phi) is 4.20. The van der Waals surface area contributed by atoms with Crippen molar-refractivity contribution >= 4 is 5.82 Å². The average molecular weight is 274 g/mol. The Morgan fingerprint density at radius 3 is 2.85 bits per heavy atom. The number of rotatable bonds is 2. The SMILES string of the molecule is CC(N)C1CCCCN1c1ncnc2c1CCCCC2. The van der Waals surface area contributed by atoms with Gasteiger partial charge in [0.25, 0.3) is 0 Å². The molecule has 0 saturated carbocycles. The van der Waals surface area contributed by atoms with E-state index in [1.54, 1.807) is 6.33 Å². The first-order valence-electron chi connectivity index (χ1n) is 8.12. The van der Waals surface area contributed by atoms with Gasteiger partial charge in [0.1, 0.15) is 12.1 Å². The van der Waals surface area contributed by atoms with Gasteiger partial charge in [0, 0.05) is 29.9 Å². The molecule has 4 heteroatoms. The van der Waals surface area contributed by atoms with Crippen LogP contribution in [0.4, 0.5) is 5.82 Å². The zero-order chi connectivity index (χ0) is 13.9. The zero-order valence-electron chi connectivity index (χ0n) is 12.5. The van der Waals surface area contributed by atoms with E-state index in [0.29, 0.717) is 6.04 Å². The molecule has 110 valence electrons. The molecule has 0 spiro atoms. The summed E-state index contributed by atoms with van der Waals surface area (Å²) in [5.41, 5.74) is 8.90. The van der Waals surface area contributed by atoms with Crippen LogP contribution in [0.15, 0.2) is 6.33 Å². The fraction of sp³-hybridized carbons (Fsp3) is 0.750. The van der Waals surface area contributed by atoms with Crippen LogP contribution in [0.2, 0.25) is 0 Å². The van der Waals surface area contributed by atoms with Gasteiger partial charge in [0.05, 0.1) is 0 Å². The Balaban J connectivity index is 1.96. The summed E-state index contributed by atoms with van der Waals surface area (Å²) in [6.07, 6.45) is 11.6. The van der Waals surface area contributed by atoms with Gasteiger partial charge in [0.15, 0.2) is 0 Å². The second kappa shape index (κ2) is 6.08. The molecule has 1 aliphatic heterocycles. The van der Waals surface area contributed by atoms with Crippen LogP contribution >= 0.6 is 0 Å². The van der Waals surface area contributed by atoms with Crippen LogP contribution in [0.25, 0.3) is 0 Å². The molecular formula is C16H26N4. The van der Waals surface area contributed by atoms with Crippen LogP contribution in [-0.4, -0.2) is 28.6 Å². The lowest BCUT2D eigenvalue weighted by Crippen LogP contribution is -2.50. The molecule has 3 rings (SSSR count). The van der Waals surface area contributed by atoms with Crippen LogP contribution in [0.5, 0.6) is 0 Å². The lowest BCUT2D eigenvalue weighted by atomic mass is 9.96. The van der Waals surface area contributed by atoms with Gasteiger partial charge in [0.2, 0.25) is 0 Å². The van der Waals surface area contributed by atoms with E-state index in [9.17, 15) is 0 Å². The molecule has 2 unspecified atom stereocenters. The minimum Gasteiger partial charge on any atom is -0.352 e. The molecule has 1 aromatic rings. The number of hydrogen-bond acceptors (Lipinski definition) is 4. The second-order valence-electron chi connectivity index (χ2n) is 6.30. The summed E-state index contributed by atoms with van der Waals surface area (Å²) in [7, 11) is 0. The van der Waals surface area contributed by atoms with Crippen LogP contribution in [0.3, 0.4) is 0 Å². The predicted molar refractivity (Wildman–Crippen MR) is 81.9 cm³/mol. The van der Waals surface area contributed by atoms with Crippen molar-refractivity contribution in [2.24, 2.45) is 5.73 Å². The maximum atomic E-state index is 6.22. The monoisotopic (exact) mass is 274 g/mol. The molecule has 1 saturated heterocycles. The molecule has 2 atom stereocenters. The van der Waals surface area contributed by atoms with E-state index >= 15 is 0 Å². The second-order valence-corrected chi connectivity index (χ2v) is 6.30. The first-order chi connectivity index (χ1) is 9.77. The van der Waals surface area contributed by atoms with Crippen LogP contribution in [0, 0.1) is 0 Å². The molecule has 2 aliphatic rings. The Labute approximate surface area is 121 Å². The van der Waals surface area contributed by atoms with Gasteiger partial charge >= 0.3 is 0 Å². The first kappa shape index (κ1) is 13.8. The summed E-state index contributed by atoms with van der Waals surface area (Å²) in [6, 6.07) is 0.637. The van der Waals surface area contributed by atoms with Crippen molar-refractivity contribution < 1.29 is 0 Å². The van der Waals surface area contributed by atoms with E-state index in [4.69, 9.17) is 5.73 Å². The number of aromatic nitrogens is 2. The maximum Gasteiger partial charge on any atom is 0.135 e. The van der Waals surface area contributed by atoms with Crippen molar-refractivity contribution in [2.75, 3.05) is 11.4 Å². The van der Waals surface area contributed by atoms with Gasteiger partial charge in [-0.3, -0.25) is 0 Å². The minimum absolute atomic E-state index is 0.201. The molecule has 1 fully saturated rings. The van der Waals surface area contributed by atoms with Crippen molar-refractivity contribution in [3.05, 3.63) is 17.6 Å². The van der Waals surface area contributed by atoms with Gasteiger partial charge < -0.3 is 10.6 Å².